The lowest BCUT2D eigenvalue weighted by Gasteiger charge is -2.16. The lowest BCUT2D eigenvalue weighted by molar-refractivity contribution is -0.124. The maximum atomic E-state index is 12.1. The fourth-order valence-electron chi connectivity index (χ4n) is 2.57. The molecule has 0 saturated carbocycles. The number of ether oxygens (including phenoxy) is 2. The average Bonchev–Trinajstić information content (AvgIpc) is 2.62. The third-order valence-electron chi connectivity index (χ3n) is 4.22. The van der Waals surface area contributed by atoms with Gasteiger partial charge in [-0.1, -0.05) is 30.3 Å². The first-order chi connectivity index (χ1) is 12.4. The Morgan fingerprint density at radius 1 is 1.08 bits per heavy atom. The van der Waals surface area contributed by atoms with E-state index in [0.29, 0.717) is 12.2 Å². The lowest BCUT2D eigenvalue weighted by atomic mass is 10.0. The number of carbonyl (C=O) groups excluding carboxylic acids is 2. The van der Waals surface area contributed by atoms with Crippen LogP contribution in [0.15, 0.2) is 42.5 Å². The van der Waals surface area contributed by atoms with Crippen LogP contribution < -0.4 is 5.32 Å². The van der Waals surface area contributed by atoms with Gasteiger partial charge in [0.15, 0.2) is 6.61 Å². The summed E-state index contributed by atoms with van der Waals surface area (Å²) in [6.07, 6.45) is 0. The molecule has 0 saturated heterocycles. The van der Waals surface area contributed by atoms with E-state index in [-0.39, 0.29) is 18.6 Å². The first-order valence-corrected chi connectivity index (χ1v) is 8.52. The van der Waals surface area contributed by atoms with Gasteiger partial charge < -0.3 is 14.8 Å². The van der Waals surface area contributed by atoms with Crippen molar-refractivity contribution in [3.63, 3.8) is 0 Å². The standard InChI is InChI=1S/C21H25NO4/c1-14-8-9-18(10-15(14)2)16(3)22-20(23)13-26-21(24)19-7-5-6-17(11-19)12-25-4/h5-11,16H,12-13H2,1-4H3,(H,22,23). The van der Waals surface area contributed by atoms with Crippen molar-refractivity contribution in [3.8, 4) is 0 Å². The number of methoxy groups -OCH3 is 1. The number of esters is 1. The minimum Gasteiger partial charge on any atom is -0.452 e. The number of carbonyl (C=O) groups is 2. The van der Waals surface area contributed by atoms with E-state index in [1.54, 1.807) is 25.3 Å². The molecule has 5 nitrogen and oxygen atoms in total. The molecule has 1 atom stereocenters. The molecular weight excluding hydrogens is 330 g/mol. The van der Waals surface area contributed by atoms with Crippen LogP contribution in [0.3, 0.4) is 0 Å². The van der Waals surface area contributed by atoms with E-state index >= 15 is 0 Å². The van der Waals surface area contributed by atoms with E-state index in [4.69, 9.17) is 9.47 Å². The molecule has 138 valence electrons. The highest BCUT2D eigenvalue weighted by molar-refractivity contribution is 5.91. The molecule has 1 unspecified atom stereocenters. The van der Waals surface area contributed by atoms with Crippen LogP contribution in [0.25, 0.3) is 0 Å². The van der Waals surface area contributed by atoms with E-state index in [2.05, 4.69) is 5.32 Å². The van der Waals surface area contributed by atoms with Crippen molar-refractivity contribution in [2.24, 2.45) is 0 Å². The summed E-state index contributed by atoms with van der Waals surface area (Å²) in [5.41, 5.74) is 4.66. The molecule has 2 aromatic rings. The molecular formula is C21H25NO4. The summed E-state index contributed by atoms with van der Waals surface area (Å²) in [5, 5.41) is 2.85. The third-order valence-corrected chi connectivity index (χ3v) is 4.22. The van der Waals surface area contributed by atoms with Crippen LogP contribution in [0.2, 0.25) is 0 Å². The number of nitrogens with one attached hydrogen (secondary N) is 1. The number of benzene rings is 2. The zero-order valence-corrected chi connectivity index (χ0v) is 15.7. The maximum absolute atomic E-state index is 12.1. The molecule has 0 aliphatic carbocycles. The van der Waals surface area contributed by atoms with Gasteiger partial charge in [-0.15, -0.1) is 0 Å². The van der Waals surface area contributed by atoms with Gasteiger partial charge in [-0.05, 0) is 55.2 Å². The van der Waals surface area contributed by atoms with Gasteiger partial charge in [0, 0.05) is 7.11 Å². The van der Waals surface area contributed by atoms with Gasteiger partial charge in [-0.3, -0.25) is 4.79 Å². The second-order valence-corrected chi connectivity index (χ2v) is 6.34. The average molecular weight is 355 g/mol. The molecule has 1 amide bonds. The number of hydrogen-bond acceptors (Lipinski definition) is 4. The number of hydrogen-bond donors (Lipinski definition) is 1. The number of amides is 1. The topological polar surface area (TPSA) is 64.6 Å². The predicted octanol–water partition coefficient (Wildman–Crippen LogP) is 3.48. The van der Waals surface area contributed by atoms with Gasteiger partial charge in [-0.25, -0.2) is 4.79 Å². The van der Waals surface area contributed by atoms with Crippen LogP contribution in [0.5, 0.6) is 0 Å². The molecule has 0 aromatic heterocycles. The summed E-state index contributed by atoms with van der Waals surface area (Å²) < 4.78 is 10.2. The predicted molar refractivity (Wildman–Crippen MR) is 99.9 cm³/mol. The lowest BCUT2D eigenvalue weighted by Crippen LogP contribution is -2.31. The maximum Gasteiger partial charge on any atom is 0.338 e. The minimum absolute atomic E-state index is 0.162. The first kappa shape index (κ1) is 19.7. The molecule has 0 heterocycles. The Kier molecular flexibility index (Phi) is 6.92. The van der Waals surface area contributed by atoms with Crippen molar-refractivity contribution in [2.75, 3.05) is 13.7 Å². The van der Waals surface area contributed by atoms with Gasteiger partial charge in [0.25, 0.3) is 5.91 Å². The molecule has 0 aliphatic rings. The molecule has 2 rings (SSSR count). The van der Waals surface area contributed by atoms with Crippen molar-refractivity contribution in [3.05, 3.63) is 70.3 Å². The Morgan fingerprint density at radius 3 is 2.54 bits per heavy atom. The van der Waals surface area contributed by atoms with Crippen LogP contribution in [-0.2, 0) is 20.9 Å². The molecule has 26 heavy (non-hydrogen) atoms. The van der Waals surface area contributed by atoms with Crippen molar-refractivity contribution in [2.45, 2.75) is 33.4 Å². The van der Waals surface area contributed by atoms with Crippen LogP contribution >= 0.6 is 0 Å². The molecule has 0 fully saturated rings. The van der Waals surface area contributed by atoms with Gasteiger partial charge >= 0.3 is 5.97 Å². The molecule has 0 bridgehead atoms. The summed E-state index contributed by atoms with van der Waals surface area (Å²) in [6.45, 7) is 6.08. The van der Waals surface area contributed by atoms with Crippen molar-refractivity contribution < 1.29 is 19.1 Å². The summed E-state index contributed by atoms with van der Waals surface area (Å²) >= 11 is 0. The SMILES string of the molecule is COCc1cccc(C(=O)OCC(=O)NC(C)c2ccc(C)c(C)c2)c1. The summed E-state index contributed by atoms with van der Waals surface area (Å²) in [6, 6.07) is 12.9. The van der Waals surface area contributed by atoms with Crippen molar-refractivity contribution in [1.82, 2.24) is 5.32 Å². The van der Waals surface area contributed by atoms with Crippen LogP contribution in [0.4, 0.5) is 0 Å². The smallest absolute Gasteiger partial charge is 0.338 e. The molecule has 0 spiro atoms. The second kappa shape index (κ2) is 9.15. The Bertz CT molecular complexity index is 785. The molecule has 5 heteroatoms. The summed E-state index contributed by atoms with van der Waals surface area (Å²) in [4.78, 5) is 24.2. The number of rotatable bonds is 7. The van der Waals surface area contributed by atoms with Gasteiger partial charge in [0.2, 0.25) is 0 Å². The van der Waals surface area contributed by atoms with Gasteiger partial charge in [-0.2, -0.15) is 0 Å². The Morgan fingerprint density at radius 2 is 1.85 bits per heavy atom. The normalized spacial score (nSPS) is 11.7. The van der Waals surface area contributed by atoms with Crippen LogP contribution in [0.1, 0.15) is 45.6 Å². The summed E-state index contributed by atoms with van der Waals surface area (Å²) in [7, 11) is 1.59. The zero-order valence-electron chi connectivity index (χ0n) is 15.7. The Balaban J connectivity index is 1.88. The van der Waals surface area contributed by atoms with Gasteiger partial charge in [0.05, 0.1) is 18.2 Å². The fourth-order valence-corrected chi connectivity index (χ4v) is 2.57. The fraction of sp³-hybridized carbons (Fsp3) is 0.333. The highest BCUT2D eigenvalue weighted by Crippen LogP contribution is 2.16. The Hall–Kier alpha value is -2.66. The monoisotopic (exact) mass is 355 g/mol. The van der Waals surface area contributed by atoms with E-state index in [1.165, 1.54) is 11.1 Å². The van der Waals surface area contributed by atoms with E-state index < -0.39 is 5.97 Å². The first-order valence-electron chi connectivity index (χ1n) is 8.52. The largest absolute Gasteiger partial charge is 0.452 e. The third kappa shape index (κ3) is 5.43. The van der Waals surface area contributed by atoms with Gasteiger partial charge in [0.1, 0.15) is 0 Å². The van der Waals surface area contributed by atoms with E-state index in [1.807, 2.05) is 45.0 Å². The molecule has 1 N–H and O–H groups in total. The van der Waals surface area contributed by atoms with E-state index in [9.17, 15) is 9.59 Å². The molecule has 2 aromatic carbocycles. The van der Waals surface area contributed by atoms with Crippen LogP contribution in [0, 0.1) is 13.8 Å². The Labute approximate surface area is 154 Å². The zero-order chi connectivity index (χ0) is 19.1. The quantitative estimate of drug-likeness (QED) is 0.772. The number of aryl methyl sites for hydroxylation is 2. The van der Waals surface area contributed by atoms with Crippen LogP contribution in [-0.4, -0.2) is 25.6 Å². The van der Waals surface area contributed by atoms with E-state index in [0.717, 1.165) is 11.1 Å². The molecule has 0 aliphatic heterocycles. The highest BCUT2D eigenvalue weighted by atomic mass is 16.5. The summed E-state index contributed by atoms with van der Waals surface area (Å²) in [5.74, 6) is -0.867. The molecule has 0 radical (unpaired) electrons. The van der Waals surface area contributed by atoms with Crippen molar-refractivity contribution >= 4 is 11.9 Å². The minimum atomic E-state index is -0.531. The highest BCUT2D eigenvalue weighted by Gasteiger charge is 2.14. The van der Waals surface area contributed by atoms with Crippen molar-refractivity contribution in [1.29, 1.82) is 0 Å². The second-order valence-electron chi connectivity index (χ2n) is 6.34.